The molecule has 5 nitrogen and oxygen atoms in total. The van der Waals surface area contributed by atoms with Gasteiger partial charge in [-0.1, -0.05) is 32.0 Å². The number of ether oxygens (including phenoxy) is 2. The van der Waals surface area contributed by atoms with E-state index in [9.17, 15) is 4.79 Å². The van der Waals surface area contributed by atoms with Crippen LogP contribution in [0.1, 0.15) is 19.4 Å². The number of hydrogen-bond donors (Lipinski definition) is 0. The van der Waals surface area contributed by atoms with E-state index in [4.69, 9.17) is 14.5 Å². The van der Waals surface area contributed by atoms with E-state index in [1.807, 2.05) is 42.5 Å². The third-order valence-corrected chi connectivity index (χ3v) is 5.83. The maximum absolute atomic E-state index is 13.1. The highest BCUT2D eigenvalue weighted by Gasteiger charge is 2.34. The van der Waals surface area contributed by atoms with Crippen molar-refractivity contribution in [3.05, 3.63) is 57.4 Å². The predicted molar refractivity (Wildman–Crippen MR) is 123 cm³/mol. The zero-order valence-electron chi connectivity index (χ0n) is 16.8. The fraction of sp³-hybridized carbons (Fsp3) is 0.273. The summed E-state index contributed by atoms with van der Waals surface area (Å²) in [6, 6.07) is 13.4. The lowest BCUT2D eigenvalue weighted by atomic mass is 10.1. The topological polar surface area (TPSA) is 51.1 Å². The van der Waals surface area contributed by atoms with Crippen molar-refractivity contribution in [2.75, 3.05) is 20.8 Å². The molecule has 0 spiro atoms. The van der Waals surface area contributed by atoms with Crippen LogP contribution in [0.15, 0.2) is 56.8 Å². The van der Waals surface area contributed by atoms with Gasteiger partial charge in [-0.3, -0.25) is 9.69 Å². The number of para-hydroxylation sites is 1. The van der Waals surface area contributed by atoms with Crippen LogP contribution in [0.4, 0.5) is 5.69 Å². The zero-order valence-corrected chi connectivity index (χ0v) is 19.2. The average molecular weight is 475 g/mol. The summed E-state index contributed by atoms with van der Waals surface area (Å²) >= 11 is 4.88. The van der Waals surface area contributed by atoms with E-state index < -0.39 is 0 Å². The third-order valence-electron chi connectivity index (χ3n) is 4.21. The van der Waals surface area contributed by atoms with Crippen LogP contribution in [0.2, 0.25) is 0 Å². The van der Waals surface area contributed by atoms with Crippen LogP contribution < -0.4 is 9.47 Å². The number of rotatable bonds is 6. The number of aliphatic imine (C=N–C) groups is 1. The lowest BCUT2D eigenvalue weighted by Crippen LogP contribution is -2.32. The first kappa shape index (κ1) is 21.5. The summed E-state index contributed by atoms with van der Waals surface area (Å²) in [4.78, 5) is 20.2. The molecule has 0 saturated carbocycles. The molecule has 2 aromatic carbocycles. The Morgan fingerprint density at radius 3 is 2.45 bits per heavy atom. The van der Waals surface area contributed by atoms with Gasteiger partial charge in [0.2, 0.25) is 0 Å². The second kappa shape index (κ2) is 9.50. The van der Waals surface area contributed by atoms with Gasteiger partial charge < -0.3 is 9.47 Å². The van der Waals surface area contributed by atoms with E-state index in [1.165, 1.54) is 11.8 Å². The van der Waals surface area contributed by atoms with Crippen molar-refractivity contribution in [1.82, 2.24) is 4.90 Å². The Morgan fingerprint density at radius 2 is 1.83 bits per heavy atom. The Morgan fingerprint density at radius 1 is 1.14 bits per heavy atom. The Labute approximate surface area is 183 Å². The number of halogens is 1. The SMILES string of the molecule is COc1cc(OC)c(C=C2SC(=Nc3ccccc3)N(CC(C)C)C2=O)cc1Br. The third kappa shape index (κ3) is 5.03. The lowest BCUT2D eigenvalue weighted by Gasteiger charge is -2.17. The average Bonchev–Trinajstić information content (AvgIpc) is 2.97. The van der Waals surface area contributed by atoms with Gasteiger partial charge in [0.15, 0.2) is 5.17 Å². The molecule has 1 amide bonds. The van der Waals surface area contributed by atoms with Gasteiger partial charge >= 0.3 is 0 Å². The molecule has 0 bridgehead atoms. The number of amides is 1. The molecule has 152 valence electrons. The van der Waals surface area contributed by atoms with Crippen LogP contribution in [0.3, 0.4) is 0 Å². The van der Waals surface area contributed by atoms with E-state index in [-0.39, 0.29) is 5.91 Å². The molecule has 0 unspecified atom stereocenters. The molecule has 3 rings (SSSR count). The largest absolute Gasteiger partial charge is 0.496 e. The summed E-state index contributed by atoms with van der Waals surface area (Å²) in [6.07, 6.45) is 1.84. The maximum atomic E-state index is 13.1. The van der Waals surface area contributed by atoms with Crippen LogP contribution in [0.25, 0.3) is 6.08 Å². The first-order valence-corrected chi connectivity index (χ1v) is 10.8. The van der Waals surface area contributed by atoms with E-state index in [0.29, 0.717) is 34.0 Å². The minimum Gasteiger partial charge on any atom is -0.496 e. The Hall–Kier alpha value is -2.25. The van der Waals surface area contributed by atoms with Crippen LogP contribution in [0.5, 0.6) is 11.5 Å². The molecule has 0 atom stereocenters. The van der Waals surface area contributed by atoms with Crippen molar-refractivity contribution >= 4 is 50.5 Å². The maximum Gasteiger partial charge on any atom is 0.266 e. The summed E-state index contributed by atoms with van der Waals surface area (Å²) in [5.41, 5.74) is 1.61. The van der Waals surface area contributed by atoms with Crippen molar-refractivity contribution in [2.45, 2.75) is 13.8 Å². The molecule has 1 fully saturated rings. The zero-order chi connectivity index (χ0) is 21.0. The van der Waals surface area contributed by atoms with Gasteiger partial charge in [0.25, 0.3) is 5.91 Å². The standard InChI is InChI=1S/C22H23BrN2O3S/c1-14(2)13-25-21(26)20(29-22(25)24-16-8-6-5-7-9-16)11-15-10-17(23)19(28-4)12-18(15)27-3/h5-12,14H,13H2,1-4H3. The molecule has 1 aliphatic heterocycles. The molecule has 0 aromatic heterocycles. The molecule has 29 heavy (non-hydrogen) atoms. The summed E-state index contributed by atoms with van der Waals surface area (Å²) in [5, 5.41) is 0.688. The van der Waals surface area contributed by atoms with Gasteiger partial charge in [0, 0.05) is 18.2 Å². The van der Waals surface area contributed by atoms with Crippen LogP contribution in [0, 0.1) is 5.92 Å². The molecular weight excluding hydrogens is 452 g/mol. The number of nitrogens with zero attached hydrogens (tertiary/aromatic N) is 2. The number of thioether (sulfide) groups is 1. The highest BCUT2D eigenvalue weighted by Crippen LogP contribution is 2.38. The molecule has 1 aliphatic rings. The van der Waals surface area contributed by atoms with Gasteiger partial charge in [-0.2, -0.15) is 0 Å². The van der Waals surface area contributed by atoms with Gasteiger partial charge in [-0.05, 0) is 57.9 Å². The monoisotopic (exact) mass is 474 g/mol. The fourth-order valence-corrected chi connectivity index (χ4v) is 4.39. The number of carbonyl (C=O) groups is 1. The Bertz CT molecular complexity index is 958. The van der Waals surface area contributed by atoms with Crippen LogP contribution in [-0.4, -0.2) is 36.7 Å². The molecule has 0 aliphatic carbocycles. The van der Waals surface area contributed by atoms with Crippen molar-refractivity contribution in [3.63, 3.8) is 0 Å². The van der Waals surface area contributed by atoms with Crippen molar-refractivity contribution in [2.24, 2.45) is 10.9 Å². The van der Waals surface area contributed by atoms with E-state index in [0.717, 1.165) is 15.7 Å². The normalized spacial score (nSPS) is 16.9. The summed E-state index contributed by atoms with van der Waals surface area (Å²) in [6.45, 7) is 4.78. The van der Waals surface area contributed by atoms with Gasteiger partial charge in [0.1, 0.15) is 11.5 Å². The van der Waals surface area contributed by atoms with Crippen molar-refractivity contribution in [1.29, 1.82) is 0 Å². The van der Waals surface area contributed by atoms with E-state index >= 15 is 0 Å². The second-order valence-electron chi connectivity index (χ2n) is 6.88. The predicted octanol–water partition coefficient (Wildman–Crippen LogP) is 5.73. The molecule has 1 heterocycles. The highest BCUT2D eigenvalue weighted by molar-refractivity contribution is 9.10. The number of amidine groups is 1. The van der Waals surface area contributed by atoms with Gasteiger partial charge in [0.05, 0.1) is 29.3 Å². The van der Waals surface area contributed by atoms with E-state index in [1.54, 1.807) is 25.2 Å². The first-order chi connectivity index (χ1) is 13.9. The fourth-order valence-electron chi connectivity index (χ4n) is 2.87. The Kier molecular flexibility index (Phi) is 7.03. The lowest BCUT2D eigenvalue weighted by molar-refractivity contribution is -0.122. The first-order valence-electron chi connectivity index (χ1n) is 9.19. The second-order valence-corrected chi connectivity index (χ2v) is 8.74. The minimum atomic E-state index is -0.0487. The van der Waals surface area contributed by atoms with Crippen molar-refractivity contribution in [3.8, 4) is 11.5 Å². The number of carbonyl (C=O) groups excluding carboxylic acids is 1. The molecule has 7 heteroatoms. The van der Waals surface area contributed by atoms with Crippen LogP contribution >= 0.6 is 27.7 Å². The minimum absolute atomic E-state index is 0.0487. The van der Waals surface area contributed by atoms with E-state index in [2.05, 4.69) is 29.8 Å². The van der Waals surface area contributed by atoms with Gasteiger partial charge in [-0.15, -0.1) is 0 Å². The summed E-state index contributed by atoms with van der Waals surface area (Å²) in [5.74, 6) is 1.58. The number of hydrogen-bond acceptors (Lipinski definition) is 5. The summed E-state index contributed by atoms with van der Waals surface area (Å²) in [7, 11) is 3.20. The highest BCUT2D eigenvalue weighted by atomic mass is 79.9. The van der Waals surface area contributed by atoms with Gasteiger partial charge in [-0.25, -0.2) is 4.99 Å². The Balaban J connectivity index is 2.01. The molecular formula is C22H23BrN2O3S. The summed E-state index contributed by atoms with van der Waals surface area (Å²) < 4.78 is 11.6. The number of benzene rings is 2. The molecule has 1 saturated heterocycles. The quantitative estimate of drug-likeness (QED) is 0.501. The number of methoxy groups -OCH3 is 2. The van der Waals surface area contributed by atoms with Crippen molar-refractivity contribution < 1.29 is 14.3 Å². The molecule has 0 radical (unpaired) electrons. The van der Waals surface area contributed by atoms with Crippen LogP contribution in [-0.2, 0) is 4.79 Å². The molecule has 2 aromatic rings. The smallest absolute Gasteiger partial charge is 0.266 e. The molecule has 0 N–H and O–H groups in total.